The van der Waals surface area contributed by atoms with E-state index in [-0.39, 0.29) is 46.8 Å². The molecule has 4 aliphatic heterocycles. The number of aryl methyl sites for hydroxylation is 1. The Kier molecular flexibility index (Phi) is 6.03. The van der Waals surface area contributed by atoms with Gasteiger partial charge in [0.15, 0.2) is 10.7 Å². The molecule has 4 saturated heterocycles. The van der Waals surface area contributed by atoms with Crippen molar-refractivity contribution in [1.82, 2.24) is 10.3 Å². The molecule has 3 aromatic rings. The highest BCUT2D eigenvalue weighted by molar-refractivity contribution is 7.22. The fraction of sp³-hybridized carbons (Fsp3) is 0.464. The minimum absolute atomic E-state index is 0.0856. The number of amides is 2. The number of hydrogen-bond donors (Lipinski definition) is 2. The Hall–Kier alpha value is -3.49. The Morgan fingerprint density at radius 2 is 1.90 bits per heavy atom. The number of benzene rings is 2. The van der Waals surface area contributed by atoms with Gasteiger partial charge in [-0.15, -0.1) is 0 Å². The number of hydrogen-bond acceptors (Lipinski definition) is 8. The third kappa shape index (κ3) is 4.06. The second kappa shape index (κ2) is 9.25. The number of nitrogens with one attached hydrogen (secondary N) is 2. The van der Waals surface area contributed by atoms with Crippen LogP contribution in [0.1, 0.15) is 45.5 Å². The number of aromatic nitrogens is 1. The van der Waals surface area contributed by atoms with Gasteiger partial charge in [-0.3, -0.25) is 9.59 Å². The van der Waals surface area contributed by atoms with Crippen molar-refractivity contribution in [3.8, 4) is 5.75 Å². The molecule has 5 heterocycles. The number of nitrogens with zero attached hydrogens (tertiary/aromatic N) is 2. The molecule has 2 atom stereocenters. The van der Waals surface area contributed by atoms with Crippen molar-refractivity contribution >= 4 is 44.2 Å². The van der Waals surface area contributed by atoms with Crippen LogP contribution < -0.4 is 20.3 Å². The van der Waals surface area contributed by atoms with E-state index < -0.39 is 47.8 Å². The van der Waals surface area contributed by atoms with E-state index >= 15 is 0 Å². The normalized spacial score (nSPS) is 27.8. The van der Waals surface area contributed by atoms with Crippen LogP contribution >= 0.6 is 11.3 Å². The Morgan fingerprint density at radius 3 is 2.55 bits per heavy atom. The van der Waals surface area contributed by atoms with Crippen LogP contribution in [-0.4, -0.2) is 73.1 Å². The molecule has 0 spiro atoms. The maximum absolute atomic E-state index is 14.7. The van der Waals surface area contributed by atoms with Crippen LogP contribution in [-0.2, 0) is 9.47 Å². The van der Waals surface area contributed by atoms with Crippen molar-refractivity contribution in [3.63, 3.8) is 0 Å². The van der Waals surface area contributed by atoms with Crippen molar-refractivity contribution in [2.75, 3.05) is 37.1 Å². The van der Waals surface area contributed by atoms with E-state index in [1.807, 2.05) is 0 Å². The summed E-state index contributed by atoms with van der Waals surface area (Å²) in [6.07, 6.45) is -4.35. The average Bonchev–Trinajstić information content (AvgIpc) is 3.62. The van der Waals surface area contributed by atoms with E-state index in [0.29, 0.717) is 23.4 Å². The van der Waals surface area contributed by atoms with E-state index in [1.165, 1.54) is 31.4 Å². The molecule has 222 valence electrons. The standard InChI is InChI=1S/C28H26F4N4O5S/c1-13-5-16(23(37)35-26-10-27(11-26,41-12-26)28(30,31)32)19(7-17(13)29)33-24(38)21-20(39-2)4-3-18-22(21)42-25(34-18)36-14-6-15(36)9-40-8-14/h3-5,7,14-15H,6,8-12H2,1-2H3,(H,33,38)(H,35,37). The SMILES string of the molecule is COc1ccc2nc(N3C4COCC3C4)sc2c1C(=O)Nc1cc(F)c(C)cc1C(=O)NC12COC(C(F)(F)F)(C1)C2. The molecule has 2 aromatic carbocycles. The smallest absolute Gasteiger partial charge is 0.417 e. The van der Waals surface area contributed by atoms with Gasteiger partial charge < -0.3 is 29.7 Å². The van der Waals surface area contributed by atoms with Crippen LogP contribution in [0.25, 0.3) is 10.2 Å². The summed E-state index contributed by atoms with van der Waals surface area (Å²) in [7, 11) is 1.42. The van der Waals surface area contributed by atoms with Crippen LogP contribution in [0.2, 0.25) is 0 Å². The predicted octanol–water partition coefficient (Wildman–Crippen LogP) is 4.58. The van der Waals surface area contributed by atoms with Gasteiger partial charge >= 0.3 is 6.18 Å². The molecule has 2 unspecified atom stereocenters. The first-order chi connectivity index (χ1) is 19.9. The molecule has 2 N–H and O–H groups in total. The van der Waals surface area contributed by atoms with Crippen LogP contribution in [0.5, 0.6) is 5.75 Å². The molecule has 42 heavy (non-hydrogen) atoms. The van der Waals surface area contributed by atoms with Gasteiger partial charge in [-0.05, 0) is 43.2 Å². The van der Waals surface area contributed by atoms with E-state index in [4.69, 9.17) is 19.2 Å². The highest BCUT2D eigenvalue weighted by Crippen LogP contribution is 2.59. The number of alkyl halides is 3. The second-order valence-electron chi connectivity index (χ2n) is 11.4. The molecule has 14 heteroatoms. The summed E-state index contributed by atoms with van der Waals surface area (Å²) in [6, 6.07) is 6.10. The van der Waals surface area contributed by atoms with E-state index in [0.717, 1.165) is 17.6 Å². The molecule has 0 radical (unpaired) electrons. The third-order valence-electron chi connectivity index (χ3n) is 8.69. The number of halogens is 4. The minimum atomic E-state index is -4.55. The Labute approximate surface area is 241 Å². The zero-order valence-electron chi connectivity index (χ0n) is 22.6. The van der Waals surface area contributed by atoms with Gasteiger partial charge in [0.2, 0.25) is 0 Å². The van der Waals surface area contributed by atoms with Crippen LogP contribution in [0.4, 0.5) is 28.4 Å². The Balaban J connectivity index is 1.18. The largest absolute Gasteiger partial charge is 0.496 e. The lowest BCUT2D eigenvalue weighted by atomic mass is 9.68. The molecule has 8 rings (SSSR count). The second-order valence-corrected chi connectivity index (χ2v) is 12.4. The van der Waals surface area contributed by atoms with Gasteiger partial charge in [-0.25, -0.2) is 9.37 Å². The number of rotatable bonds is 6. The van der Waals surface area contributed by atoms with Crippen molar-refractivity contribution in [2.24, 2.45) is 0 Å². The predicted molar refractivity (Wildman–Crippen MR) is 145 cm³/mol. The fourth-order valence-electron chi connectivity index (χ4n) is 6.50. The number of methoxy groups -OCH3 is 1. The first-order valence-corrected chi connectivity index (χ1v) is 14.2. The first-order valence-electron chi connectivity index (χ1n) is 13.4. The number of ether oxygens (including phenoxy) is 3. The molecule has 1 aliphatic carbocycles. The average molecular weight is 607 g/mol. The van der Waals surface area contributed by atoms with Gasteiger partial charge in [0.25, 0.3) is 11.8 Å². The summed E-state index contributed by atoms with van der Waals surface area (Å²) in [4.78, 5) is 34.1. The van der Waals surface area contributed by atoms with Crippen molar-refractivity contribution in [3.05, 3.63) is 46.8 Å². The zero-order chi connectivity index (χ0) is 29.6. The number of carbonyl (C=O) groups excluding carboxylic acids is 2. The summed E-state index contributed by atoms with van der Waals surface area (Å²) in [5.74, 6) is -1.80. The maximum Gasteiger partial charge on any atom is 0.417 e. The quantitative estimate of drug-likeness (QED) is 0.397. The highest BCUT2D eigenvalue weighted by atomic mass is 32.1. The van der Waals surface area contributed by atoms with E-state index in [2.05, 4.69) is 15.5 Å². The molecular weight excluding hydrogens is 580 g/mol. The van der Waals surface area contributed by atoms with E-state index in [1.54, 1.807) is 12.1 Å². The summed E-state index contributed by atoms with van der Waals surface area (Å²) < 4.78 is 71.7. The number of carbonyl (C=O) groups is 2. The van der Waals surface area contributed by atoms with Gasteiger partial charge in [0, 0.05) is 12.8 Å². The lowest BCUT2D eigenvalue weighted by Crippen LogP contribution is -2.64. The van der Waals surface area contributed by atoms with Crippen LogP contribution in [0.15, 0.2) is 24.3 Å². The number of fused-ring (bicyclic) bond motifs is 4. The highest BCUT2D eigenvalue weighted by Gasteiger charge is 2.74. The molecular formula is C28H26F4N4O5S. The van der Waals surface area contributed by atoms with Crippen molar-refractivity contribution in [1.29, 1.82) is 0 Å². The summed E-state index contributed by atoms with van der Waals surface area (Å²) in [6.45, 7) is 2.37. The van der Waals surface area contributed by atoms with E-state index in [9.17, 15) is 27.2 Å². The minimum Gasteiger partial charge on any atom is -0.496 e. The Morgan fingerprint density at radius 1 is 1.17 bits per heavy atom. The molecule has 1 saturated carbocycles. The van der Waals surface area contributed by atoms with Gasteiger partial charge in [0.05, 0.1) is 66.0 Å². The monoisotopic (exact) mass is 606 g/mol. The third-order valence-corrected chi connectivity index (χ3v) is 9.79. The number of thiazole rings is 1. The molecule has 2 amide bonds. The number of anilines is 2. The lowest BCUT2D eigenvalue weighted by molar-refractivity contribution is -0.273. The summed E-state index contributed by atoms with van der Waals surface area (Å²) >= 11 is 1.34. The van der Waals surface area contributed by atoms with Gasteiger partial charge in [-0.1, -0.05) is 11.3 Å². The zero-order valence-corrected chi connectivity index (χ0v) is 23.4. The van der Waals surface area contributed by atoms with Gasteiger partial charge in [0.1, 0.15) is 17.1 Å². The first kappa shape index (κ1) is 27.3. The molecule has 5 aliphatic rings. The molecule has 9 nitrogen and oxygen atoms in total. The van der Waals surface area contributed by atoms with Crippen LogP contribution in [0, 0.1) is 12.7 Å². The van der Waals surface area contributed by atoms with Crippen molar-refractivity contribution in [2.45, 2.75) is 55.6 Å². The number of morpholine rings is 1. The Bertz CT molecular complexity index is 1620. The fourth-order valence-corrected chi connectivity index (χ4v) is 7.75. The van der Waals surface area contributed by atoms with Crippen LogP contribution in [0.3, 0.4) is 0 Å². The van der Waals surface area contributed by atoms with Crippen molar-refractivity contribution < 1.29 is 41.4 Å². The summed E-state index contributed by atoms with van der Waals surface area (Å²) in [5.41, 5.74) is -2.78. The lowest BCUT2D eigenvalue weighted by Gasteiger charge is -2.52. The molecule has 5 fully saturated rings. The molecule has 1 aromatic heterocycles. The maximum atomic E-state index is 14.7. The van der Waals surface area contributed by atoms with Gasteiger partial charge in [-0.2, -0.15) is 13.2 Å². The molecule has 4 bridgehead atoms. The topological polar surface area (TPSA) is 102 Å². The summed E-state index contributed by atoms with van der Waals surface area (Å²) in [5, 5.41) is 6.05.